The lowest BCUT2D eigenvalue weighted by molar-refractivity contribution is 0.664. The van der Waals surface area contributed by atoms with Crippen molar-refractivity contribution in [3.05, 3.63) is 24.2 Å². The van der Waals surface area contributed by atoms with E-state index in [0.29, 0.717) is 5.92 Å². The number of nitrogens with one attached hydrogen (secondary N) is 1. The number of aryl methyl sites for hydroxylation is 1. The second kappa shape index (κ2) is 5.82. The first kappa shape index (κ1) is 13.5. The molecule has 2 heterocycles. The van der Waals surface area contributed by atoms with Crippen molar-refractivity contribution in [2.24, 2.45) is 0 Å². The van der Waals surface area contributed by atoms with E-state index in [1.807, 2.05) is 23.0 Å². The lowest BCUT2D eigenvalue weighted by Crippen LogP contribution is -2.07. The van der Waals surface area contributed by atoms with Crippen molar-refractivity contribution in [3.8, 4) is 11.4 Å². The van der Waals surface area contributed by atoms with Crippen LogP contribution in [0.2, 0.25) is 0 Å². The normalized spacial score (nSPS) is 11.0. The highest BCUT2D eigenvalue weighted by molar-refractivity contribution is 5.59. The molecule has 19 heavy (non-hydrogen) atoms. The molecule has 5 nitrogen and oxygen atoms in total. The van der Waals surface area contributed by atoms with Gasteiger partial charge >= 0.3 is 0 Å². The molecule has 0 saturated heterocycles. The van der Waals surface area contributed by atoms with E-state index in [0.717, 1.165) is 36.1 Å². The first-order valence-electron chi connectivity index (χ1n) is 6.80. The molecule has 0 radical (unpaired) electrons. The van der Waals surface area contributed by atoms with Gasteiger partial charge in [-0.1, -0.05) is 13.8 Å². The number of nitrogens with zero attached hydrogens (tertiary/aromatic N) is 4. The summed E-state index contributed by atoms with van der Waals surface area (Å²) in [5, 5.41) is 7.56. The Labute approximate surface area is 114 Å². The Morgan fingerprint density at radius 2 is 2.05 bits per heavy atom. The maximum absolute atomic E-state index is 4.65. The van der Waals surface area contributed by atoms with Gasteiger partial charge in [-0.05, 0) is 19.9 Å². The van der Waals surface area contributed by atoms with Gasteiger partial charge in [0.05, 0.1) is 11.4 Å². The van der Waals surface area contributed by atoms with Crippen molar-refractivity contribution in [1.29, 1.82) is 0 Å². The molecule has 0 aromatic carbocycles. The Hall–Kier alpha value is -1.91. The minimum absolute atomic E-state index is 0.301. The predicted octanol–water partition coefficient (Wildman–Crippen LogP) is 2.92. The molecule has 0 amide bonds. The van der Waals surface area contributed by atoms with Crippen LogP contribution in [0.5, 0.6) is 0 Å². The Balaban J connectivity index is 2.49. The molecule has 0 aliphatic rings. The van der Waals surface area contributed by atoms with E-state index in [1.54, 1.807) is 0 Å². The van der Waals surface area contributed by atoms with Gasteiger partial charge in [0.1, 0.15) is 11.6 Å². The minimum atomic E-state index is 0.301. The molecule has 0 aliphatic carbocycles. The van der Waals surface area contributed by atoms with Gasteiger partial charge < -0.3 is 5.32 Å². The molecule has 0 bridgehead atoms. The fourth-order valence-corrected chi connectivity index (χ4v) is 1.93. The third kappa shape index (κ3) is 2.92. The van der Waals surface area contributed by atoms with Gasteiger partial charge in [-0.25, -0.2) is 9.97 Å². The van der Waals surface area contributed by atoms with Gasteiger partial charge in [-0.2, -0.15) is 5.10 Å². The van der Waals surface area contributed by atoms with Crippen LogP contribution in [-0.2, 0) is 6.54 Å². The van der Waals surface area contributed by atoms with E-state index in [-0.39, 0.29) is 0 Å². The molecule has 1 N–H and O–H groups in total. The number of anilines is 1. The summed E-state index contributed by atoms with van der Waals surface area (Å²) in [6.45, 7) is 10.0. The van der Waals surface area contributed by atoms with E-state index in [9.17, 15) is 0 Å². The second-order valence-electron chi connectivity index (χ2n) is 4.71. The van der Waals surface area contributed by atoms with Crippen LogP contribution in [0.1, 0.15) is 39.4 Å². The lowest BCUT2D eigenvalue weighted by atomic mass is 10.2. The van der Waals surface area contributed by atoms with Crippen molar-refractivity contribution < 1.29 is 0 Å². The van der Waals surface area contributed by atoms with Gasteiger partial charge in [0.15, 0.2) is 0 Å². The van der Waals surface area contributed by atoms with Crippen LogP contribution in [0.25, 0.3) is 11.4 Å². The molecule has 102 valence electrons. The van der Waals surface area contributed by atoms with Gasteiger partial charge in [-0.3, -0.25) is 4.68 Å². The van der Waals surface area contributed by atoms with E-state index in [2.05, 4.69) is 48.1 Å². The standard InChI is InChI=1S/C14H21N5/c1-5-15-13-9-11(17-14(18-13)10(3)4)12-7-8-16-19(12)6-2/h7-10H,5-6H2,1-4H3,(H,15,17,18). The average molecular weight is 259 g/mol. The van der Waals surface area contributed by atoms with Crippen molar-refractivity contribution in [1.82, 2.24) is 19.7 Å². The highest BCUT2D eigenvalue weighted by Gasteiger charge is 2.12. The average Bonchev–Trinajstić information content (AvgIpc) is 2.87. The molecular weight excluding hydrogens is 238 g/mol. The van der Waals surface area contributed by atoms with Crippen molar-refractivity contribution in [2.45, 2.75) is 40.2 Å². The zero-order chi connectivity index (χ0) is 13.8. The molecule has 5 heteroatoms. The van der Waals surface area contributed by atoms with Crippen LogP contribution in [-0.4, -0.2) is 26.3 Å². The van der Waals surface area contributed by atoms with Crippen LogP contribution in [0.15, 0.2) is 18.3 Å². The van der Waals surface area contributed by atoms with Crippen molar-refractivity contribution >= 4 is 5.82 Å². The van der Waals surface area contributed by atoms with Crippen LogP contribution in [0, 0.1) is 0 Å². The van der Waals surface area contributed by atoms with Gasteiger partial charge in [-0.15, -0.1) is 0 Å². The van der Waals surface area contributed by atoms with E-state index >= 15 is 0 Å². The third-order valence-electron chi connectivity index (χ3n) is 2.90. The Morgan fingerprint density at radius 3 is 2.68 bits per heavy atom. The molecule has 0 fully saturated rings. The molecule has 0 aliphatic heterocycles. The summed E-state index contributed by atoms with van der Waals surface area (Å²) in [6, 6.07) is 3.98. The Morgan fingerprint density at radius 1 is 1.26 bits per heavy atom. The highest BCUT2D eigenvalue weighted by Crippen LogP contribution is 2.22. The summed E-state index contributed by atoms with van der Waals surface area (Å²) in [6.07, 6.45) is 1.81. The summed E-state index contributed by atoms with van der Waals surface area (Å²) < 4.78 is 1.95. The first-order valence-corrected chi connectivity index (χ1v) is 6.80. The third-order valence-corrected chi connectivity index (χ3v) is 2.90. The smallest absolute Gasteiger partial charge is 0.134 e. The molecule has 2 aromatic heterocycles. The fraction of sp³-hybridized carbons (Fsp3) is 0.500. The summed E-state index contributed by atoms with van der Waals surface area (Å²) in [5.74, 6) is 2.03. The predicted molar refractivity (Wildman–Crippen MR) is 77.2 cm³/mol. The van der Waals surface area contributed by atoms with Crippen LogP contribution < -0.4 is 5.32 Å². The molecule has 0 spiro atoms. The van der Waals surface area contributed by atoms with Crippen LogP contribution in [0.4, 0.5) is 5.82 Å². The molecule has 0 saturated carbocycles. The van der Waals surface area contributed by atoms with E-state index < -0.39 is 0 Å². The maximum atomic E-state index is 4.65. The number of hydrogen-bond acceptors (Lipinski definition) is 4. The molecule has 2 rings (SSSR count). The zero-order valence-corrected chi connectivity index (χ0v) is 12.0. The zero-order valence-electron chi connectivity index (χ0n) is 12.0. The van der Waals surface area contributed by atoms with Crippen LogP contribution >= 0.6 is 0 Å². The number of hydrogen-bond donors (Lipinski definition) is 1. The van der Waals surface area contributed by atoms with E-state index in [1.165, 1.54) is 0 Å². The summed E-state index contributed by atoms with van der Waals surface area (Å²) >= 11 is 0. The van der Waals surface area contributed by atoms with E-state index in [4.69, 9.17) is 0 Å². The monoisotopic (exact) mass is 259 g/mol. The molecule has 0 atom stereocenters. The van der Waals surface area contributed by atoms with Gasteiger partial charge in [0.25, 0.3) is 0 Å². The summed E-state index contributed by atoms with van der Waals surface area (Å²) in [5.41, 5.74) is 1.96. The summed E-state index contributed by atoms with van der Waals surface area (Å²) in [4.78, 5) is 9.19. The molecule has 2 aromatic rings. The first-order chi connectivity index (χ1) is 9.15. The fourth-order valence-electron chi connectivity index (χ4n) is 1.93. The largest absolute Gasteiger partial charge is 0.370 e. The second-order valence-corrected chi connectivity index (χ2v) is 4.71. The van der Waals surface area contributed by atoms with Crippen molar-refractivity contribution in [2.75, 3.05) is 11.9 Å². The van der Waals surface area contributed by atoms with Gasteiger partial charge in [0, 0.05) is 31.3 Å². The summed E-state index contributed by atoms with van der Waals surface area (Å²) in [7, 11) is 0. The SMILES string of the molecule is CCNc1cc(-c2ccnn2CC)nc(C(C)C)n1. The maximum Gasteiger partial charge on any atom is 0.134 e. The molecular formula is C14H21N5. The Bertz CT molecular complexity index is 545. The highest BCUT2D eigenvalue weighted by atomic mass is 15.3. The molecule has 0 unspecified atom stereocenters. The number of rotatable bonds is 5. The minimum Gasteiger partial charge on any atom is -0.370 e. The van der Waals surface area contributed by atoms with Gasteiger partial charge in [0.2, 0.25) is 0 Å². The quantitative estimate of drug-likeness (QED) is 0.897. The van der Waals surface area contributed by atoms with Crippen LogP contribution in [0.3, 0.4) is 0 Å². The lowest BCUT2D eigenvalue weighted by Gasteiger charge is -2.11. The number of aromatic nitrogens is 4. The Kier molecular flexibility index (Phi) is 4.14. The van der Waals surface area contributed by atoms with Crippen molar-refractivity contribution in [3.63, 3.8) is 0 Å². The topological polar surface area (TPSA) is 55.6 Å².